The molecule has 3 aromatic rings. The van der Waals surface area contributed by atoms with Crippen molar-refractivity contribution in [3.05, 3.63) is 81.2 Å². The SMILES string of the molecule is CCc1cccc(CNc2cnc3n(c2=O)[C@H](C(=O)NCc2ccc(N)nc2C)CC3)c1. The molecule has 2 aromatic heterocycles. The van der Waals surface area contributed by atoms with E-state index in [-0.39, 0.29) is 11.5 Å². The Morgan fingerprint density at radius 3 is 2.81 bits per heavy atom. The molecule has 3 heterocycles. The van der Waals surface area contributed by atoms with Crippen molar-refractivity contribution >= 4 is 17.4 Å². The predicted octanol–water partition coefficient (Wildman–Crippen LogP) is 2.51. The number of nitrogens with zero attached hydrogens (tertiary/aromatic N) is 3. The summed E-state index contributed by atoms with van der Waals surface area (Å²) in [7, 11) is 0. The van der Waals surface area contributed by atoms with E-state index in [1.54, 1.807) is 12.3 Å². The standard InChI is InChI=1S/C24H28N6O2/c1-3-16-5-4-6-17(11-16)12-26-19-14-27-22-10-8-20(30(22)24(19)32)23(31)28-13-18-7-9-21(25)29-15(18)2/h4-7,9,11,14,20,26H,3,8,10,12-13H2,1-2H3,(H2,25,29)(H,28,31)/t20-/m0/s1. The zero-order valence-corrected chi connectivity index (χ0v) is 18.4. The molecule has 0 unspecified atom stereocenters. The van der Waals surface area contributed by atoms with Crippen molar-refractivity contribution in [2.75, 3.05) is 11.1 Å². The highest BCUT2D eigenvalue weighted by molar-refractivity contribution is 5.81. The number of nitrogen functional groups attached to an aromatic ring is 1. The van der Waals surface area contributed by atoms with E-state index in [1.807, 2.05) is 25.1 Å². The Hall–Kier alpha value is -3.68. The van der Waals surface area contributed by atoms with Crippen LogP contribution in [0.4, 0.5) is 11.5 Å². The molecule has 0 saturated carbocycles. The molecular formula is C24H28N6O2. The number of nitrogens with two attached hydrogens (primary N) is 1. The fraction of sp³-hybridized carbons (Fsp3) is 0.333. The van der Waals surface area contributed by atoms with Crippen LogP contribution in [0.5, 0.6) is 0 Å². The van der Waals surface area contributed by atoms with Crippen LogP contribution >= 0.6 is 0 Å². The zero-order chi connectivity index (χ0) is 22.7. The van der Waals surface area contributed by atoms with Crippen molar-refractivity contribution < 1.29 is 4.79 Å². The Kier molecular flexibility index (Phi) is 6.20. The summed E-state index contributed by atoms with van der Waals surface area (Å²) < 4.78 is 1.52. The van der Waals surface area contributed by atoms with E-state index in [0.717, 1.165) is 23.2 Å². The van der Waals surface area contributed by atoms with Crippen molar-refractivity contribution in [2.45, 2.75) is 52.2 Å². The third-order valence-electron chi connectivity index (χ3n) is 5.88. The Morgan fingerprint density at radius 1 is 1.22 bits per heavy atom. The van der Waals surface area contributed by atoms with E-state index < -0.39 is 6.04 Å². The lowest BCUT2D eigenvalue weighted by atomic mass is 10.1. The van der Waals surface area contributed by atoms with Crippen LogP contribution in [0.25, 0.3) is 0 Å². The summed E-state index contributed by atoms with van der Waals surface area (Å²) in [4.78, 5) is 34.7. The highest BCUT2D eigenvalue weighted by Gasteiger charge is 2.31. The molecule has 1 aliphatic heterocycles. The lowest BCUT2D eigenvalue weighted by Crippen LogP contribution is -2.36. The van der Waals surface area contributed by atoms with Crippen LogP contribution in [0.15, 0.2) is 47.4 Å². The van der Waals surface area contributed by atoms with E-state index in [4.69, 9.17) is 5.73 Å². The molecule has 1 atom stereocenters. The largest absolute Gasteiger partial charge is 0.384 e. The molecule has 32 heavy (non-hydrogen) atoms. The summed E-state index contributed by atoms with van der Waals surface area (Å²) in [5.41, 5.74) is 9.88. The van der Waals surface area contributed by atoms with Gasteiger partial charge in [-0.2, -0.15) is 0 Å². The molecule has 0 aliphatic carbocycles. The van der Waals surface area contributed by atoms with Gasteiger partial charge < -0.3 is 16.4 Å². The van der Waals surface area contributed by atoms with Crippen molar-refractivity contribution in [1.82, 2.24) is 19.9 Å². The molecule has 8 nitrogen and oxygen atoms in total. The van der Waals surface area contributed by atoms with Crippen molar-refractivity contribution in [3.63, 3.8) is 0 Å². The Balaban J connectivity index is 1.47. The summed E-state index contributed by atoms with van der Waals surface area (Å²) in [6, 6.07) is 11.2. The molecule has 0 bridgehead atoms. The quantitative estimate of drug-likeness (QED) is 0.528. The number of rotatable bonds is 7. The second-order valence-corrected chi connectivity index (χ2v) is 8.04. The molecule has 166 valence electrons. The van der Waals surface area contributed by atoms with Gasteiger partial charge in [0.1, 0.15) is 23.4 Å². The van der Waals surface area contributed by atoms with Gasteiger partial charge in [0.05, 0.1) is 6.20 Å². The van der Waals surface area contributed by atoms with Crippen LogP contribution in [0.1, 0.15) is 47.6 Å². The molecule has 1 aliphatic rings. The monoisotopic (exact) mass is 432 g/mol. The van der Waals surface area contributed by atoms with Gasteiger partial charge in [-0.05, 0) is 42.5 Å². The first-order valence-electron chi connectivity index (χ1n) is 10.9. The maximum atomic E-state index is 13.1. The lowest BCUT2D eigenvalue weighted by Gasteiger charge is -2.16. The summed E-state index contributed by atoms with van der Waals surface area (Å²) in [5.74, 6) is 0.886. The second-order valence-electron chi connectivity index (χ2n) is 8.04. The second kappa shape index (κ2) is 9.21. The van der Waals surface area contributed by atoms with Crippen molar-refractivity contribution in [2.24, 2.45) is 0 Å². The minimum absolute atomic E-state index is 0.198. The predicted molar refractivity (Wildman–Crippen MR) is 124 cm³/mol. The zero-order valence-electron chi connectivity index (χ0n) is 18.4. The maximum absolute atomic E-state index is 13.1. The first-order chi connectivity index (χ1) is 15.5. The summed E-state index contributed by atoms with van der Waals surface area (Å²) >= 11 is 0. The molecule has 4 N–H and O–H groups in total. The number of aryl methyl sites for hydroxylation is 3. The van der Waals surface area contributed by atoms with Crippen LogP contribution in [-0.2, 0) is 30.7 Å². The summed E-state index contributed by atoms with van der Waals surface area (Å²) in [6.45, 7) is 4.81. The summed E-state index contributed by atoms with van der Waals surface area (Å²) in [6.07, 6.45) is 3.67. The normalized spacial score (nSPS) is 14.8. The third-order valence-corrected chi connectivity index (χ3v) is 5.88. The molecule has 8 heteroatoms. The van der Waals surface area contributed by atoms with Crippen molar-refractivity contribution in [1.29, 1.82) is 0 Å². The molecule has 1 amide bonds. The van der Waals surface area contributed by atoms with Gasteiger partial charge in [-0.25, -0.2) is 9.97 Å². The molecular weight excluding hydrogens is 404 g/mol. The number of hydrogen-bond donors (Lipinski definition) is 3. The van der Waals surface area contributed by atoms with Gasteiger partial charge in [0.25, 0.3) is 5.56 Å². The maximum Gasteiger partial charge on any atom is 0.277 e. The van der Waals surface area contributed by atoms with E-state index in [9.17, 15) is 9.59 Å². The van der Waals surface area contributed by atoms with Crippen LogP contribution in [0.3, 0.4) is 0 Å². The number of carbonyl (C=O) groups excluding carboxylic acids is 1. The third kappa shape index (κ3) is 4.49. The Labute approximate surface area is 186 Å². The van der Waals surface area contributed by atoms with Gasteiger partial charge in [0.15, 0.2) is 0 Å². The Morgan fingerprint density at radius 2 is 2.03 bits per heavy atom. The minimum Gasteiger partial charge on any atom is -0.384 e. The minimum atomic E-state index is -0.572. The van der Waals surface area contributed by atoms with Gasteiger partial charge >= 0.3 is 0 Å². The number of carbonyl (C=O) groups is 1. The van der Waals surface area contributed by atoms with E-state index >= 15 is 0 Å². The average Bonchev–Trinajstić information content (AvgIpc) is 3.23. The number of nitrogens with one attached hydrogen (secondary N) is 2. The van der Waals surface area contributed by atoms with Crippen LogP contribution in [-0.4, -0.2) is 20.4 Å². The number of fused-ring (bicyclic) bond motifs is 1. The fourth-order valence-electron chi connectivity index (χ4n) is 4.03. The van der Waals surface area contributed by atoms with E-state index in [1.165, 1.54) is 10.1 Å². The van der Waals surface area contributed by atoms with E-state index in [2.05, 4.69) is 39.7 Å². The number of anilines is 2. The molecule has 4 rings (SSSR count). The average molecular weight is 433 g/mol. The number of aromatic nitrogens is 3. The number of benzene rings is 1. The molecule has 1 aromatic carbocycles. The smallest absolute Gasteiger partial charge is 0.277 e. The summed E-state index contributed by atoms with van der Waals surface area (Å²) in [5, 5.41) is 6.12. The first kappa shape index (κ1) is 21.5. The fourth-order valence-corrected chi connectivity index (χ4v) is 4.03. The van der Waals surface area contributed by atoms with Crippen LogP contribution in [0.2, 0.25) is 0 Å². The molecule has 0 fully saturated rings. The van der Waals surface area contributed by atoms with Gasteiger partial charge in [-0.3, -0.25) is 14.2 Å². The molecule has 0 saturated heterocycles. The van der Waals surface area contributed by atoms with Gasteiger partial charge in [0, 0.05) is 25.2 Å². The van der Waals surface area contributed by atoms with E-state index in [0.29, 0.717) is 43.3 Å². The topological polar surface area (TPSA) is 115 Å². The number of amides is 1. The molecule has 0 spiro atoms. The van der Waals surface area contributed by atoms with Crippen molar-refractivity contribution in [3.8, 4) is 0 Å². The lowest BCUT2D eigenvalue weighted by molar-refractivity contribution is -0.124. The number of pyridine rings is 1. The van der Waals surface area contributed by atoms with Gasteiger partial charge in [0.2, 0.25) is 5.91 Å². The van der Waals surface area contributed by atoms with Crippen LogP contribution < -0.4 is 21.9 Å². The highest BCUT2D eigenvalue weighted by Crippen LogP contribution is 2.23. The number of hydrogen-bond acceptors (Lipinski definition) is 6. The first-order valence-corrected chi connectivity index (χ1v) is 10.9. The Bertz CT molecular complexity index is 1200. The van der Waals surface area contributed by atoms with Gasteiger partial charge in [-0.1, -0.05) is 37.3 Å². The van der Waals surface area contributed by atoms with Gasteiger partial charge in [-0.15, -0.1) is 0 Å². The molecule has 0 radical (unpaired) electrons. The highest BCUT2D eigenvalue weighted by atomic mass is 16.2. The van der Waals surface area contributed by atoms with Crippen LogP contribution in [0, 0.1) is 6.92 Å².